The summed E-state index contributed by atoms with van der Waals surface area (Å²) in [5.74, 6) is -6.06. The molecular formula is C21H15F3N2O2. The molecule has 1 N–H and O–H groups in total. The maximum atomic E-state index is 13.8. The Bertz CT molecular complexity index is 1090. The van der Waals surface area contributed by atoms with Crippen LogP contribution in [0, 0.1) is 23.4 Å². The maximum absolute atomic E-state index is 13.8. The number of halogens is 3. The highest BCUT2D eigenvalue weighted by molar-refractivity contribution is 6.08. The Morgan fingerprint density at radius 1 is 0.964 bits per heavy atom. The fourth-order valence-corrected chi connectivity index (χ4v) is 3.42. The number of hydrogen-bond acceptors (Lipinski definition) is 2. The van der Waals surface area contributed by atoms with E-state index in [9.17, 15) is 22.8 Å². The fourth-order valence-electron chi connectivity index (χ4n) is 3.42. The van der Waals surface area contributed by atoms with Gasteiger partial charge in [0.1, 0.15) is 0 Å². The van der Waals surface area contributed by atoms with Crippen molar-refractivity contribution in [3.8, 4) is 0 Å². The minimum Gasteiger partial charge on any atom is -0.323 e. The van der Waals surface area contributed by atoms with E-state index in [0.29, 0.717) is 5.69 Å². The molecule has 1 fully saturated rings. The SMILES string of the molecule is O=C(Nc1ccc(F)c(F)c1F)[C@H]1CC(=O)N(c2cccc3ccccc23)C1. The Balaban J connectivity index is 1.56. The number of amides is 2. The van der Waals surface area contributed by atoms with E-state index >= 15 is 0 Å². The third-order valence-electron chi connectivity index (χ3n) is 4.85. The molecule has 4 rings (SSSR count). The minimum absolute atomic E-state index is 0.0552. The van der Waals surface area contributed by atoms with Crippen LogP contribution in [0.2, 0.25) is 0 Å². The van der Waals surface area contributed by atoms with Crippen molar-refractivity contribution < 1.29 is 22.8 Å². The van der Waals surface area contributed by atoms with Gasteiger partial charge in [0.15, 0.2) is 17.5 Å². The van der Waals surface area contributed by atoms with Crippen molar-refractivity contribution in [1.29, 1.82) is 0 Å². The van der Waals surface area contributed by atoms with E-state index in [0.717, 1.165) is 22.9 Å². The van der Waals surface area contributed by atoms with Gasteiger partial charge in [0.05, 0.1) is 17.3 Å². The first-order chi connectivity index (χ1) is 13.5. The van der Waals surface area contributed by atoms with Gasteiger partial charge >= 0.3 is 0 Å². The summed E-state index contributed by atoms with van der Waals surface area (Å²) in [5, 5.41) is 4.09. The molecule has 1 aliphatic heterocycles. The van der Waals surface area contributed by atoms with E-state index in [4.69, 9.17) is 0 Å². The van der Waals surface area contributed by atoms with E-state index in [1.807, 2.05) is 36.4 Å². The summed E-state index contributed by atoms with van der Waals surface area (Å²) in [6.07, 6.45) is -0.0552. The fraction of sp³-hybridized carbons (Fsp3) is 0.143. The van der Waals surface area contributed by atoms with Gasteiger partial charge in [-0.2, -0.15) is 0 Å². The molecule has 0 radical (unpaired) electrons. The van der Waals surface area contributed by atoms with E-state index in [2.05, 4.69) is 5.32 Å². The summed E-state index contributed by atoms with van der Waals surface area (Å²) in [4.78, 5) is 26.5. The van der Waals surface area contributed by atoms with Crippen LogP contribution in [-0.4, -0.2) is 18.4 Å². The Morgan fingerprint density at radius 2 is 1.71 bits per heavy atom. The number of anilines is 2. The number of carbonyl (C=O) groups excluding carboxylic acids is 2. The smallest absolute Gasteiger partial charge is 0.229 e. The second-order valence-corrected chi connectivity index (χ2v) is 6.62. The van der Waals surface area contributed by atoms with Crippen molar-refractivity contribution in [2.75, 3.05) is 16.8 Å². The molecule has 2 amide bonds. The van der Waals surface area contributed by atoms with E-state index < -0.39 is 35.0 Å². The molecular weight excluding hydrogens is 369 g/mol. The van der Waals surface area contributed by atoms with Gasteiger partial charge in [0.2, 0.25) is 11.8 Å². The van der Waals surface area contributed by atoms with Crippen LogP contribution < -0.4 is 10.2 Å². The third kappa shape index (κ3) is 3.09. The highest BCUT2D eigenvalue weighted by Crippen LogP contribution is 2.32. The van der Waals surface area contributed by atoms with Gasteiger partial charge in [-0.05, 0) is 23.6 Å². The van der Waals surface area contributed by atoms with Crippen LogP contribution in [0.3, 0.4) is 0 Å². The topological polar surface area (TPSA) is 49.4 Å². The van der Waals surface area contributed by atoms with E-state index in [1.54, 1.807) is 6.07 Å². The molecule has 4 nitrogen and oxygen atoms in total. The Morgan fingerprint density at radius 3 is 2.54 bits per heavy atom. The number of nitrogens with one attached hydrogen (secondary N) is 1. The molecule has 1 aliphatic rings. The number of hydrogen-bond donors (Lipinski definition) is 1. The van der Waals surface area contributed by atoms with Crippen LogP contribution in [0.15, 0.2) is 54.6 Å². The molecule has 0 saturated carbocycles. The zero-order valence-corrected chi connectivity index (χ0v) is 14.6. The summed E-state index contributed by atoms with van der Waals surface area (Å²) >= 11 is 0. The molecule has 0 unspecified atom stereocenters. The van der Waals surface area contributed by atoms with Crippen LogP contribution in [0.25, 0.3) is 10.8 Å². The summed E-state index contributed by atoms with van der Waals surface area (Å²) in [7, 11) is 0. The van der Waals surface area contributed by atoms with Gasteiger partial charge in [-0.15, -0.1) is 0 Å². The van der Waals surface area contributed by atoms with Crippen LogP contribution in [0.4, 0.5) is 24.5 Å². The van der Waals surface area contributed by atoms with Crippen molar-refractivity contribution in [3.05, 3.63) is 72.0 Å². The van der Waals surface area contributed by atoms with Crippen LogP contribution in [-0.2, 0) is 9.59 Å². The van der Waals surface area contributed by atoms with Gasteiger partial charge in [0, 0.05) is 18.4 Å². The maximum Gasteiger partial charge on any atom is 0.229 e. The quantitative estimate of drug-likeness (QED) is 0.687. The molecule has 142 valence electrons. The molecule has 1 saturated heterocycles. The van der Waals surface area contributed by atoms with Crippen LogP contribution in [0.5, 0.6) is 0 Å². The first-order valence-electron chi connectivity index (χ1n) is 8.68. The van der Waals surface area contributed by atoms with Crippen molar-refractivity contribution in [3.63, 3.8) is 0 Å². The molecule has 1 heterocycles. The van der Waals surface area contributed by atoms with Crippen molar-refractivity contribution >= 4 is 34.0 Å². The number of fused-ring (bicyclic) bond motifs is 1. The predicted octanol–water partition coefficient (Wildman–Crippen LogP) is 4.25. The second-order valence-electron chi connectivity index (χ2n) is 6.62. The summed E-state index contributed by atoms with van der Waals surface area (Å²) in [5.41, 5.74) is 0.234. The van der Waals surface area contributed by atoms with Gasteiger partial charge in [-0.1, -0.05) is 36.4 Å². The molecule has 0 aromatic heterocycles. The lowest BCUT2D eigenvalue weighted by molar-refractivity contribution is -0.122. The lowest BCUT2D eigenvalue weighted by Gasteiger charge is -2.19. The molecule has 3 aromatic rings. The van der Waals surface area contributed by atoms with Crippen LogP contribution in [0.1, 0.15) is 6.42 Å². The first kappa shape index (κ1) is 18.0. The highest BCUT2D eigenvalue weighted by atomic mass is 19.2. The molecule has 1 atom stereocenters. The van der Waals surface area contributed by atoms with Gasteiger partial charge in [-0.3, -0.25) is 9.59 Å². The van der Waals surface area contributed by atoms with Crippen molar-refractivity contribution in [2.45, 2.75) is 6.42 Å². The number of carbonyl (C=O) groups is 2. The van der Waals surface area contributed by atoms with E-state index in [-0.39, 0.29) is 18.9 Å². The Labute approximate surface area is 158 Å². The largest absolute Gasteiger partial charge is 0.323 e. The standard InChI is InChI=1S/C21H15F3N2O2/c22-15-8-9-16(20(24)19(15)23)25-21(28)13-10-18(27)26(11-13)17-7-3-5-12-4-1-2-6-14(12)17/h1-9,13H,10-11H2,(H,25,28)/t13-/m0/s1. The molecule has 28 heavy (non-hydrogen) atoms. The predicted molar refractivity (Wildman–Crippen MR) is 99.4 cm³/mol. The second kappa shape index (κ2) is 6.99. The summed E-state index contributed by atoms with van der Waals surface area (Å²) in [6.45, 7) is 0.115. The molecule has 0 aliphatic carbocycles. The lowest BCUT2D eigenvalue weighted by atomic mass is 10.1. The highest BCUT2D eigenvalue weighted by Gasteiger charge is 2.36. The molecule has 3 aromatic carbocycles. The number of rotatable bonds is 3. The molecule has 7 heteroatoms. The summed E-state index contributed by atoms with van der Waals surface area (Å²) in [6, 6.07) is 14.8. The van der Waals surface area contributed by atoms with E-state index in [1.165, 1.54) is 4.90 Å². The number of benzene rings is 3. The monoisotopic (exact) mass is 384 g/mol. The third-order valence-corrected chi connectivity index (χ3v) is 4.85. The van der Waals surface area contributed by atoms with Crippen LogP contribution >= 0.6 is 0 Å². The minimum atomic E-state index is -1.65. The average molecular weight is 384 g/mol. The average Bonchev–Trinajstić information content (AvgIpc) is 3.09. The summed E-state index contributed by atoms with van der Waals surface area (Å²) < 4.78 is 40.2. The zero-order chi connectivity index (χ0) is 19.8. The first-order valence-corrected chi connectivity index (χ1v) is 8.68. The van der Waals surface area contributed by atoms with Gasteiger partial charge in [0.25, 0.3) is 0 Å². The van der Waals surface area contributed by atoms with Crippen molar-refractivity contribution in [1.82, 2.24) is 0 Å². The lowest BCUT2D eigenvalue weighted by Crippen LogP contribution is -2.28. The van der Waals surface area contributed by atoms with Gasteiger partial charge < -0.3 is 10.2 Å². The van der Waals surface area contributed by atoms with Crippen molar-refractivity contribution in [2.24, 2.45) is 5.92 Å². The molecule has 0 spiro atoms. The Kier molecular flexibility index (Phi) is 4.50. The van der Waals surface area contributed by atoms with Gasteiger partial charge in [-0.25, -0.2) is 13.2 Å². The molecule has 0 bridgehead atoms. The Hall–Kier alpha value is -3.35. The normalized spacial score (nSPS) is 16.6. The zero-order valence-electron chi connectivity index (χ0n) is 14.6. The number of nitrogens with zero attached hydrogens (tertiary/aromatic N) is 1.